The third-order valence-corrected chi connectivity index (χ3v) is 4.53. The van der Waals surface area contributed by atoms with Gasteiger partial charge in [0.2, 0.25) is 0 Å². The Hall–Kier alpha value is -0.750. The highest BCUT2D eigenvalue weighted by Gasteiger charge is 2.30. The summed E-state index contributed by atoms with van der Waals surface area (Å²) in [6, 6.07) is 8.56. The zero-order valence-electron chi connectivity index (χ0n) is 10.9. The van der Waals surface area contributed by atoms with Crippen LogP contribution in [0.3, 0.4) is 0 Å². The van der Waals surface area contributed by atoms with Crippen molar-refractivity contribution in [1.82, 2.24) is 10.3 Å². The third kappa shape index (κ3) is 2.80. The zero-order chi connectivity index (χ0) is 13.0. The predicted octanol–water partition coefficient (Wildman–Crippen LogP) is 1.25. The Bertz CT molecular complexity index is 388. The highest BCUT2D eigenvalue weighted by atomic mass is 32.2. The van der Waals surface area contributed by atoms with Crippen molar-refractivity contribution in [1.29, 1.82) is 0 Å². The van der Waals surface area contributed by atoms with Crippen LogP contribution < -0.4 is 16.0 Å². The standard InChI is InChI=1S/C13H21N3OS/c1-16-7-8-18-9-11(16)13(15-14)10-5-3-4-6-12(10)17-2/h3-6,11,13,15H,7-9,14H2,1-2H3. The molecule has 1 fully saturated rings. The van der Waals surface area contributed by atoms with Crippen molar-refractivity contribution in [2.24, 2.45) is 5.84 Å². The van der Waals surface area contributed by atoms with Gasteiger partial charge >= 0.3 is 0 Å². The molecule has 18 heavy (non-hydrogen) atoms. The summed E-state index contributed by atoms with van der Waals surface area (Å²) in [6.45, 7) is 1.10. The number of methoxy groups -OCH3 is 1. The molecule has 2 unspecified atom stereocenters. The molecule has 0 spiro atoms. The van der Waals surface area contributed by atoms with E-state index in [1.165, 1.54) is 5.75 Å². The van der Waals surface area contributed by atoms with Gasteiger partial charge in [0.05, 0.1) is 13.2 Å². The van der Waals surface area contributed by atoms with Gasteiger partial charge in [0, 0.05) is 29.7 Å². The zero-order valence-corrected chi connectivity index (χ0v) is 11.7. The van der Waals surface area contributed by atoms with Gasteiger partial charge in [-0.2, -0.15) is 11.8 Å². The van der Waals surface area contributed by atoms with Gasteiger partial charge in [-0.05, 0) is 13.1 Å². The van der Waals surface area contributed by atoms with Crippen molar-refractivity contribution in [3.63, 3.8) is 0 Å². The first-order valence-corrected chi connectivity index (χ1v) is 7.30. The molecule has 0 aliphatic carbocycles. The van der Waals surface area contributed by atoms with Crippen LogP contribution in [0.4, 0.5) is 0 Å². The second kappa shape index (κ2) is 6.43. The molecule has 100 valence electrons. The molecule has 1 saturated heterocycles. The lowest BCUT2D eigenvalue weighted by atomic mass is 9.99. The quantitative estimate of drug-likeness (QED) is 0.635. The Labute approximate surface area is 113 Å². The molecule has 5 heteroatoms. The van der Waals surface area contributed by atoms with E-state index < -0.39 is 0 Å². The summed E-state index contributed by atoms with van der Waals surface area (Å²) >= 11 is 1.98. The van der Waals surface area contributed by atoms with Crippen molar-refractivity contribution < 1.29 is 4.74 Å². The van der Waals surface area contributed by atoms with Gasteiger partial charge in [-0.1, -0.05) is 18.2 Å². The van der Waals surface area contributed by atoms with E-state index in [-0.39, 0.29) is 6.04 Å². The normalized spacial score (nSPS) is 22.7. The summed E-state index contributed by atoms with van der Waals surface area (Å²) in [5.74, 6) is 8.95. The third-order valence-electron chi connectivity index (χ3n) is 3.48. The molecule has 0 bridgehead atoms. The summed E-state index contributed by atoms with van der Waals surface area (Å²) in [7, 11) is 3.86. The summed E-state index contributed by atoms with van der Waals surface area (Å²) in [5, 5.41) is 0. The SMILES string of the molecule is COc1ccccc1C(NN)C1CSCCN1C. The minimum Gasteiger partial charge on any atom is -0.496 e. The summed E-state index contributed by atoms with van der Waals surface area (Å²) in [5.41, 5.74) is 4.08. The number of likely N-dealkylation sites (N-methyl/N-ethyl adjacent to an activating group) is 1. The van der Waals surface area contributed by atoms with Gasteiger partial charge < -0.3 is 4.74 Å². The highest BCUT2D eigenvalue weighted by Crippen LogP contribution is 2.31. The Kier molecular flexibility index (Phi) is 4.88. The van der Waals surface area contributed by atoms with E-state index in [4.69, 9.17) is 10.6 Å². The van der Waals surface area contributed by atoms with E-state index in [0.717, 1.165) is 23.6 Å². The smallest absolute Gasteiger partial charge is 0.123 e. The number of ether oxygens (including phenoxy) is 1. The average Bonchev–Trinajstić information content (AvgIpc) is 2.42. The number of hydrazine groups is 1. The van der Waals surface area contributed by atoms with Crippen LogP contribution in [0.1, 0.15) is 11.6 Å². The van der Waals surface area contributed by atoms with Crippen molar-refractivity contribution in [2.75, 3.05) is 32.2 Å². The van der Waals surface area contributed by atoms with Crippen LogP contribution in [0.2, 0.25) is 0 Å². The van der Waals surface area contributed by atoms with Crippen LogP contribution in [-0.4, -0.2) is 43.1 Å². The number of hydrogen-bond acceptors (Lipinski definition) is 5. The van der Waals surface area contributed by atoms with Crippen LogP contribution in [0.25, 0.3) is 0 Å². The molecule has 0 radical (unpaired) electrons. The average molecular weight is 267 g/mol. The first-order chi connectivity index (χ1) is 8.77. The lowest BCUT2D eigenvalue weighted by Gasteiger charge is -2.38. The molecule has 2 rings (SSSR count). The number of benzene rings is 1. The van der Waals surface area contributed by atoms with Gasteiger partial charge in [-0.3, -0.25) is 16.2 Å². The maximum Gasteiger partial charge on any atom is 0.123 e. The van der Waals surface area contributed by atoms with E-state index in [0.29, 0.717) is 6.04 Å². The van der Waals surface area contributed by atoms with Crippen LogP contribution in [0.5, 0.6) is 5.75 Å². The molecule has 0 saturated carbocycles. The number of nitrogens with zero attached hydrogens (tertiary/aromatic N) is 1. The van der Waals surface area contributed by atoms with Crippen LogP contribution in [-0.2, 0) is 0 Å². The van der Waals surface area contributed by atoms with E-state index in [2.05, 4.69) is 23.4 Å². The highest BCUT2D eigenvalue weighted by molar-refractivity contribution is 7.99. The molecule has 4 nitrogen and oxygen atoms in total. The molecule has 1 aliphatic heterocycles. The number of hydrogen-bond donors (Lipinski definition) is 2. The minimum atomic E-state index is 0.0962. The molecule has 1 heterocycles. The minimum absolute atomic E-state index is 0.0962. The monoisotopic (exact) mass is 267 g/mol. The van der Waals surface area contributed by atoms with Gasteiger partial charge in [-0.25, -0.2) is 0 Å². The number of nitrogens with two attached hydrogens (primary N) is 1. The fourth-order valence-corrected chi connectivity index (χ4v) is 3.66. The predicted molar refractivity (Wildman–Crippen MR) is 76.8 cm³/mol. The topological polar surface area (TPSA) is 50.5 Å². The number of thioether (sulfide) groups is 1. The van der Waals surface area contributed by atoms with Crippen molar-refractivity contribution >= 4 is 11.8 Å². The number of rotatable bonds is 4. The van der Waals surface area contributed by atoms with Gasteiger partial charge in [0.15, 0.2) is 0 Å². The fourth-order valence-electron chi connectivity index (χ4n) is 2.39. The maximum atomic E-state index is 5.78. The molecular formula is C13H21N3OS. The van der Waals surface area contributed by atoms with Crippen LogP contribution in [0.15, 0.2) is 24.3 Å². The summed E-state index contributed by atoms with van der Waals surface area (Å²) in [6.07, 6.45) is 0. The summed E-state index contributed by atoms with van der Waals surface area (Å²) < 4.78 is 5.43. The lowest BCUT2D eigenvalue weighted by Crippen LogP contribution is -2.49. The first kappa shape index (κ1) is 13.7. The van der Waals surface area contributed by atoms with E-state index in [1.807, 2.05) is 30.0 Å². The Morgan fingerprint density at radius 2 is 2.28 bits per heavy atom. The van der Waals surface area contributed by atoms with Crippen molar-refractivity contribution in [3.8, 4) is 5.75 Å². The van der Waals surface area contributed by atoms with Gasteiger partial charge in [-0.15, -0.1) is 0 Å². The van der Waals surface area contributed by atoms with Gasteiger partial charge in [0.25, 0.3) is 0 Å². The van der Waals surface area contributed by atoms with Crippen LogP contribution >= 0.6 is 11.8 Å². The first-order valence-electron chi connectivity index (χ1n) is 6.15. The lowest BCUT2D eigenvalue weighted by molar-refractivity contribution is 0.213. The maximum absolute atomic E-state index is 5.78. The number of nitrogens with one attached hydrogen (secondary N) is 1. The molecule has 1 aromatic carbocycles. The van der Waals surface area contributed by atoms with Gasteiger partial charge in [0.1, 0.15) is 5.75 Å². The van der Waals surface area contributed by atoms with Crippen molar-refractivity contribution in [3.05, 3.63) is 29.8 Å². The molecular weight excluding hydrogens is 246 g/mol. The second-order valence-corrected chi connectivity index (χ2v) is 5.66. The van der Waals surface area contributed by atoms with E-state index >= 15 is 0 Å². The summed E-state index contributed by atoms with van der Waals surface area (Å²) in [4.78, 5) is 2.37. The Balaban J connectivity index is 2.26. The Morgan fingerprint density at radius 3 is 2.94 bits per heavy atom. The number of para-hydroxylation sites is 1. The van der Waals surface area contributed by atoms with Crippen LogP contribution in [0, 0.1) is 0 Å². The molecule has 0 amide bonds. The largest absolute Gasteiger partial charge is 0.496 e. The fraction of sp³-hybridized carbons (Fsp3) is 0.538. The molecule has 1 aliphatic rings. The van der Waals surface area contributed by atoms with E-state index in [1.54, 1.807) is 7.11 Å². The van der Waals surface area contributed by atoms with Crippen molar-refractivity contribution in [2.45, 2.75) is 12.1 Å². The Morgan fingerprint density at radius 1 is 1.50 bits per heavy atom. The molecule has 3 N–H and O–H groups in total. The van der Waals surface area contributed by atoms with E-state index in [9.17, 15) is 0 Å². The second-order valence-electron chi connectivity index (χ2n) is 4.51. The molecule has 0 aromatic heterocycles. The molecule has 1 aromatic rings. The molecule has 2 atom stereocenters.